The summed E-state index contributed by atoms with van der Waals surface area (Å²) in [5, 5.41) is 11.0. The standard InChI is InChI=1S/C19H23Cl2N3O4S/c1-22(11-13-2-3-15(20)16(21)10-13)18(26)14-12-24(19(27)17(14)25)5-4-23-6-8-29(28)9-7-23/h2-3,10,25H,4-9,11-12H2,1H3. The summed E-state index contributed by atoms with van der Waals surface area (Å²) in [4.78, 5) is 30.2. The van der Waals surface area contributed by atoms with E-state index in [4.69, 9.17) is 23.2 Å². The van der Waals surface area contributed by atoms with Gasteiger partial charge < -0.3 is 14.9 Å². The Balaban J connectivity index is 1.57. The molecule has 0 atom stereocenters. The normalized spacial score (nSPS) is 18.6. The van der Waals surface area contributed by atoms with Gasteiger partial charge in [0.1, 0.15) is 0 Å². The van der Waals surface area contributed by atoms with Gasteiger partial charge in [0.25, 0.3) is 11.8 Å². The van der Waals surface area contributed by atoms with Crippen LogP contribution in [0.2, 0.25) is 10.0 Å². The molecule has 3 rings (SSSR count). The molecule has 0 aliphatic carbocycles. The van der Waals surface area contributed by atoms with Crippen LogP contribution in [0.1, 0.15) is 5.56 Å². The van der Waals surface area contributed by atoms with Gasteiger partial charge in [-0.25, -0.2) is 0 Å². The van der Waals surface area contributed by atoms with E-state index >= 15 is 0 Å². The molecule has 2 aliphatic heterocycles. The Hall–Kier alpha value is -1.61. The Labute approximate surface area is 182 Å². The number of carbonyl (C=O) groups is 2. The molecule has 1 N–H and O–H groups in total. The minimum atomic E-state index is -0.752. The molecule has 1 saturated heterocycles. The highest BCUT2D eigenvalue weighted by molar-refractivity contribution is 7.85. The highest BCUT2D eigenvalue weighted by Gasteiger charge is 2.35. The summed E-state index contributed by atoms with van der Waals surface area (Å²) in [5.41, 5.74) is 0.885. The molecule has 0 bridgehead atoms. The van der Waals surface area contributed by atoms with Crippen LogP contribution in [0.5, 0.6) is 0 Å². The van der Waals surface area contributed by atoms with Crippen molar-refractivity contribution in [2.75, 3.05) is 51.3 Å². The first-order valence-electron chi connectivity index (χ1n) is 9.24. The summed E-state index contributed by atoms with van der Waals surface area (Å²) in [6, 6.07) is 5.11. The summed E-state index contributed by atoms with van der Waals surface area (Å²) in [6.07, 6.45) is 0. The molecule has 0 unspecified atom stereocenters. The zero-order valence-electron chi connectivity index (χ0n) is 16.1. The number of carbonyl (C=O) groups excluding carboxylic acids is 2. The van der Waals surface area contributed by atoms with Gasteiger partial charge >= 0.3 is 0 Å². The van der Waals surface area contributed by atoms with Crippen molar-refractivity contribution in [3.8, 4) is 0 Å². The van der Waals surface area contributed by atoms with Gasteiger partial charge in [0.15, 0.2) is 5.76 Å². The SMILES string of the molecule is CN(Cc1ccc(Cl)c(Cl)c1)C(=O)C1=C(O)C(=O)N(CCN2CCS(=O)CC2)C1. The second-order valence-corrected chi connectivity index (χ2v) is 9.66. The summed E-state index contributed by atoms with van der Waals surface area (Å²) in [7, 11) is 0.851. The summed E-state index contributed by atoms with van der Waals surface area (Å²) >= 11 is 11.9. The van der Waals surface area contributed by atoms with Crippen molar-refractivity contribution >= 4 is 45.8 Å². The number of likely N-dealkylation sites (N-methyl/N-ethyl adjacent to an activating group) is 1. The first kappa shape index (κ1) is 22.1. The van der Waals surface area contributed by atoms with Crippen molar-refractivity contribution < 1.29 is 18.9 Å². The molecular formula is C19H23Cl2N3O4S. The Morgan fingerprint density at radius 2 is 1.90 bits per heavy atom. The molecule has 2 amide bonds. The number of hydrogen-bond acceptors (Lipinski definition) is 5. The lowest BCUT2D eigenvalue weighted by atomic mass is 10.2. The number of hydrogen-bond donors (Lipinski definition) is 1. The average Bonchev–Trinajstić information content (AvgIpc) is 2.98. The van der Waals surface area contributed by atoms with Crippen molar-refractivity contribution in [2.24, 2.45) is 0 Å². The lowest BCUT2D eigenvalue weighted by molar-refractivity contribution is -0.128. The van der Waals surface area contributed by atoms with E-state index in [0.29, 0.717) is 34.6 Å². The van der Waals surface area contributed by atoms with Gasteiger partial charge in [-0.2, -0.15) is 0 Å². The number of nitrogens with zero attached hydrogens (tertiary/aromatic N) is 3. The molecule has 10 heteroatoms. The lowest BCUT2D eigenvalue weighted by Crippen LogP contribution is -2.43. The zero-order chi connectivity index (χ0) is 21.1. The minimum Gasteiger partial charge on any atom is -0.503 e. The Morgan fingerprint density at radius 3 is 2.55 bits per heavy atom. The van der Waals surface area contributed by atoms with Crippen LogP contribution in [-0.2, 0) is 26.9 Å². The average molecular weight is 460 g/mol. The maximum absolute atomic E-state index is 12.8. The highest BCUT2D eigenvalue weighted by atomic mass is 35.5. The molecule has 0 aromatic heterocycles. The van der Waals surface area contributed by atoms with Crippen molar-refractivity contribution in [2.45, 2.75) is 6.54 Å². The number of rotatable bonds is 6. The van der Waals surface area contributed by atoms with Crippen LogP contribution in [0.3, 0.4) is 0 Å². The number of aliphatic hydroxyl groups excluding tert-OH is 1. The smallest absolute Gasteiger partial charge is 0.289 e. The fraction of sp³-hybridized carbons (Fsp3) is 0.474. The van der Waals surface area contributed by atoms with Crippen LogP contribution >= 0.6 is 23.2 Å². The fourth-order valence-corrected chi connectivity index (χ4v) is 4.79. The zero-order valence-corrected chi connectivity index (χ0v) is 18.4. The van der Waals surface area contributed by atoms with Gasteiger partial charge in [-0.15, -0.1) is 0 Å². The summed E-state index contributed by atoms with van der Waals surface area (Å²) in [6.45, 7) is 2.83. The van der Waals surface area contributed by atoms with E-state index < -0.39 is 28.4 Å². The van der Waals surface area contributed by atoms with Crippen molar-refractivity contribution in [3.63, 3.8) is 0 Å². The molecule has 2 aliphatic rings. The Kier molecular flexibility index (Phi) is 7.21. The van der Waals surface area contributed by atoms with E-state index in [9.17, 15) is 18.9 Å². The van der Waals surface area contributed by atoms with Crippen LogP contribution in [0.15, 0.2) is 29.5 Å². The monoisotopic (exact) mass is 459 g/mol. The van der Waals surface area contributed by atoms with E-state index in [1.54, 1.807) is 25.2 Å². The first-order valence-corrected chi connectivity index (χ1v) is 11.5. The van der Waals surface area contributed by atoms with Gasteiger partial charge in [0.05, 0.1) is 22.2 Å². The molecule has 1 aromatic carbocycles. The first-order chi connectivity index (χ1) is 13.8. The van der Waals surface area contributed by atoms with Gasteiger partial charge in [-0.05, 0) is 17.7 Å². The van der Waals surface area contributed by atoms with E-state index in [1.165, 1.54) is 9.80 Å². The van der Waals surface area contributed by atoms with Crippen LogP contribution in [0.4, 0.5) is 0 Å². The van der Waals surface area contributed by atoms with Crippen LogP contribution in [-0.4, -0.2) is 87.1 Å². The molecule has 158 valence electrons. The molecule has 0 spiro atoms. The predicted molar refractivity (Wildman–Crippen MR) is 113 cm³/mol. The van der Waals surface area contributed by atoms with Gasteiger partial charge in [-0.1, -0.05) is 29.3 Å². The molecule has 29 heavy (non-hydrogen) atoms. The van der Waals surface area contributed by atoms with E-state index in [-0.39, 0.29) is 18.7 Å². The topological polar surface area (TPSA) is 81.2 Å². The summed E-state index contributed by atoms with van der Waals surface area (Å²) < 4.78 is 11.4. The van der Waals surface area contributed by atoms with E-state index in [2.05, 4.69) is 4.90 Å². The fourth-order valence-electron chi connectivity index (χ4n) is 3.34. The van der Waals surface area contributed by atoms with Crippen molar-refractivity contribution in [1.82, 2.24) is 14.7 Å². The maximum Gasteiger partial charge on any atom is 0.289 e. The second-order valence-electron chi connectivity index (χ2n) is 7.15. The molecule has 1 fully saturated rings. The van der Waals surface area contributed by atoms with Gasteiger partial charge in [0.2, 0.25) is 0 Å². The molecule has 2 heterocycles. The number of amides is 2. The minimum absolute atomic E-state index is 0.0784. The van der Waals surface area contributed by atoms with Crippen molar-refractivity contribution in [1.29, 1.82) is 0 Å². The van der Waals surface area contributed by atoms with Gasteiger partial charge in [-0.3, -0.25) is 18.7 Å². The molecule has 1 aromatic rings. The van der Waals surface area contributed by atoms with Crippen LogP contribution < -0.4 is 0 Å². The van der Waals surface area contributed by atoms with Crippen LogP contribution in [0.25, 0.3) is 0 Å². The quantitative estimate of drug-likeness (QED) is 0.699. The third kappa shape index (κ3) is 5.31. The number of halogens is 2. The lowest BCUT2D eigenvalue weighted by Gasteiger charge is -2.28. The Morgan fingerprint density at radius 1 is 1.21 bits per heavy atom. The predicted octanol–water partition coefficient (Wildman–Crippen LogP) is 1.67. The third-order valence-electron chi connectivity index (χ3n) is 5.09. The highest BCUT2D eigenvalue weighted by Crippen LogP contribution is 2.24. The number of benzene rings is 1. The largest absolute Gasteiger partial charge is 0.503 e. The second kappa shape index (κ2) is 9.47. The molecule has 0 radical (unpaired) electrons. The van der Waals surface area contributed by atoms with Crippen molar-refractivity contribution in [3.05, 3.63) is 45.1 Å². The summed E-state index contributed by atoms with van der Waals surface area (Å²) in [5.74, 6) is -0.146. The molecular weight excluding hydrogens is 437 g/mol. The maximum atomic E-state index is 12.8. The number of aliphatic hydroxyl groups is 1. The van der Waals surface area contributed by atoms with Crippen LogP contribution in [0, 0.1) is 0 Å². The van der Waals surface area contributed by atoms with E-state index in [0.717, 1.165) is 18.7 Å². The molecule has 0 saturated carbocycles. The Bertz CT molecular complexity index is 867. The van der Waals surface area contributed by atoms with Gasteiger partial charge in [0, 0.05) is 62.1 Å². The molecule has 7 nitrogen and oxygen atoms in total. The van der Waals surface area contributed by atoms with E-state index in [1.807, 2.05) is 0 Å². The third-order valence-corrected chi connectivity index (χ3v) is 7.10.